The molecule has 0 radical (unpaired) electrons. The van der Waals surface area contributed by atoms with Gasteiger partial charge in [-0.2, -0.15) is 0 Å². The lowest BCUT2D eigenvalue weighted by atomic mass is 9.87. The van der Waals surface area contributed by atoms with Crippen molar-refractivity contribution in [3.63, 3.8) is 0 Å². The van der Waals surface area contributed by atoms with Gasteiger partial charge in [0, 0.05) is 16.9 Å². The average molecular weight is 459 g/mol. The molecular formula is C29H34N2O3. The molecule has 0 aromatic heterocycles. The first kappa shape index (κ1) is 25.0. The maximum Gasteiger partial charge on any atom is 0.262 e. The molecule has 2 N–H and O–H groups in total. The second kappa shape index (κ2) is 11.0. The Hall–Kier alpha value is -3.60. The molecule has 34 heavy (non-hydrogen) atoms. The first-order valence-electron chi connectivity index (χ1n) is 11.7. The van der Waals surface area contributed by atoms with Crippen LogP contribution in [0.1, 0.15) is 68.4 Å². The first-order chi connectivity index (χ1) is 16.2. The van der Waals surface area contributed by atoms with Crippen molar-refractivity contribution in [2.45, 2.75) is 52.4 Å². The van der Waals surface area contributed by atoms with E-state index in [1.54, 1.807) is 24.3 Å². The minimum atomic E-state index is -0.271. The molecule has 1 atom stereocenters. The summed E-state index contributed by atoms with van der Waals surface area (Å²) < 4.78 is 5.61. The van der Waals surface area contributed by atoms with Crippen molar-refractivity contribution < 1.29 is 14.3 Å². The number of benzene rings is 3. The Morgan fingerprint density at radius 2 is 1.50 bits per heavy atom. The van der Waals surface area contributed by atoms with Crippen LogP contribution in [0, 0.1) is 0 Å². The maximum absolute atomic E-state index is 12.6. The van der Waals surface area contributed by atoms with Crippen LogP contribution in [0.4, 0.5) is 11.4 Å². The number of nitrogens with one attached hydrogen (secondary N) is 2. The molecular weight excluding hydrogens is 424 g/mol. The molecule has 0 bridgehead atoms. The highest BCUT2D eigenvalue weighted by molar-refractivity contribution is 6.04. The second-order valence-corrected chi connectivity index (χ2v) is 9.58. The van der Waals surface area contributed by atoms with E-state index in [-0.39, 0.29) is 23.8 Å². The molecule has 0 saturated heterocycles. The van der Waals surface area contributed by atoms with Crippen LogP contribution in [-0.4, -0.2) is 18.4 Å². The maximum atomic E-state index is 12.6. The molecule has 0 saturated carbocycles. The van der Waals surface area contributed by atoms with E-state index < -0.39 is 0 Å². The van der Waals surface area contributed by atoms with Crippen molar-refractivity contribution in [1.82, 2.24) is 0 Å². The number of ether oxygens (including phenoxy) is 1. The normalized spacial score (nSPS) is 12.0. The van der Waals surface area contributed by atoms with Gasteiger partial charge in [-0.1, -0.05) is 65.0 Å². The topological polar surface area (TPSA) is 67.4 Å². The Kier molecular flexibility index (Phi) is 8.11. The molecule has 0 spiro atoms. The third-order valence-electron chi connectivity index (χ3n) is 5.85. The smallest absolute Gasteiger partial charge is 0.262 e. The summed E-state index contributed by atoms with van der Waals surface area (Å²) >= 11 is 0. The summed E-state index contributed by atoms with van der Waals surface area (Å²) in [6.07, 6.45) is 1.08. The Labute approximate surface area is 202 Å². The van der Waals surface area contributed by atoms with Crippen LogP contribution in [-0.2, 0) is 10.2 Å². The zero-order valence-electron chi connectivity index (χ0n) is 20.6. The van der Waals surface area contributed by atoms with Crippen LogP contribution in [0.5, 0.6) is 5.75 Å². The van der Waals surface area contributed by atoms with Crippen molar-refractivity contribution in [2.24, 2.45) is 0 Å². The minimum Gasteiger partial charge on any atom is -0.484 e. The number of carbonyl (C=O) groups is 2. The molecule has 0 aliphatic carbocycles. The number of rotatable bonds is 8. The average Bonchev–Trinajstić information content (AvgIpc) is 2.82. The van der Waals surface area contributed by atoms with Crippen LogP contribution in [0.25, 0.3) is 0 Å². The van der Waals surface area contributed by atoms with Gasteiger partial charge < -0.3 is 15.4 Å². The molecule has 0 aliphatic heterocycles. The van der Waals surface area contributed by atoms with Gasteiger partial charge in [0.2, 0.25) is 0 Å². The molecule has 0 heterocycles. The van der Waals surface area contributed by atoms with Gasteiger partial charge in [0.15, 0.2) is 6.61 Å². The SMILES string of the molecule is CCC(C)c1ccc(OCC(=O)Nc2cccc(NC(=O)c3ccc(C(C)(C)C)cc3)c2)cc1. The van der Waals surface area contributed by atoms with Crippen molar-refractivity contribution in [3.05, 3.63) is 89.5 Å². The first-order valence-corrected chi connectivity index (χ1v) is 11.7. The van der Waals surface area contributed by atoms with Gasteiger partial charge in [-0.3, -0.25) is 9.59 Å². The Morgan fingerprint density at radius 3 is 2.09 bits per heavy atom. The lowest BCUT2D eigenvalue weighted by molar-refractivity contribution is -0.118. The highest BCUT2D eigenvalue weighted by Crippen LogP contribution is 2.23. The highest BCUT2D eigenvalue weighted by Gasteiger charge is 2.14. The van der Waals surface area contributed by atoms with Crippen LogP contribution in [0.3, 0.4) is 0 Å². The summed E-state index contributed by atoms with van der Waals surface area (Å²) in [5.74, 6) is 0.675. The van der Waals surface area contributed by atoms with E-state index in [9.17, 15) is 9.59 Å². The van der Waals surface area contributed by atoms with Crippen molar-refractivity contribution >= 4 is 23.2 Å². The molecule has 1 unspecified atom stereocenters. The van der Waals surface area contributed by atoms with Gasteiger partial charge >= 0.3 is 0 Å². The van der Waals surface area contributed by atoms with Crippen molar-refractivity contribution in [2.75, 3.05) is 17.2 Å². The van der Waals surface area contributed by atoms with Crippen LogP contribution in [0.2, 0.25) is 0 Å². The van der Waals surface area contributed by atoms with E-state index in [1.807, 2.05) is 48.5 Å². The van der Waals surface area contributed by atoms with Crippen molar-refractivity contribution in [3.8, 4) is 5.75 Å². The van der Waals surface area contributed by atoms with Crippen LogP contribution in [0.15, 0.2) is 72.8 Å². The summed E-state index contributed by atoms with van der Waals surface area (Å²) in [7, 11) is 0. The largest absolute Gasteiger partial charge is 0.484 e. The molecule has 3 aromatic rings. The predicted molar refractivity (Wildman–Crippen MR) is 139 cm³/mol. The third kappa shape index (κ3) is 6.95. The molecule has 0 aliphatic rings. The van der Waals surface area contributed by atoms with Crippen molar-refractivity contribution in [1.29, 1.82) is 0 Å². The van der Waals surface area contributed by atoms with Gasteiger partial charge in [0.25, 0.3) is 11.8 Å². The third-order valence-corrected chi connectivity index (χ3v) is 5.85. The Balaban J connectivity index is 1.54. The summed E-state index contributed by atoms with van der Waals surface area (Å²) in [5.41, 5.74) is 4.22. The molecule has 0 fully saturated rings. The van der Waals surface area contributed by atoms with Crippen LogP contribution >= 0.6 is 0 Å². The summed E-state index contributed by atoms with van der Waals surface area (Å²) in [6.45, 7) is 10.6. The molecule has 3 rings (SSSR count). The van der Waals surface area contributed by atoms with E-state index in [4.69, 9.17) is 4.74 Å². The standard InChI is InChI=1S/C29H34N2O3/c1-6-20(2)21-12-16-26(17-13-21)34-19-27(32)30-24-8-7-9-25(18-24)31-28(33)22-10-14-23(15-11-22)29(3,4)5/h7-18,20H,6,19H2,1-5H3,(H,30,32)(H,31,33). The number of hydrogen-bond donors (Lipinski definition) is 2. The van der Waals surface area contributed by atoms with Crippen LogP contribution < -0.4 is 15.4 Å². The van der Waals surface area contributed by atoms with Gasteiger partial charge in [-0.15, -0.1) is 0 Å². The molecule has 5 heteroatoms. The zero-order chi connectivity index (χ0) is 24.7. The Bertz CT molecular complexity index is 1110. The quantitative estimate of drug-likeness (QED) is 0.391. The minimum absolute atomic E-state index is 0.0301. The molecule has 3 aromatic carbocycles. The van der Waals surface area contributed by atoms with E-state index in [2.05, 4.69) is 45.3 Å². The number of amides is 2. The van der Waals surface area contributed by atoms with E-state index in [1.165, 1.54) is 11.1 Å². The summed E-state index contributed by atoms with van der Waals surface area (Å²) in [6, 6.07) is 22.5. The second-order valence-electron chi connectivity index (χ2n) is 9.58. The van der Waals surface area contributed by atoms with E-state index >= 15 is 0 Å². The predicted octanol–water partition coefficient (Wildman–Crippen LogP) is 6.77. The van der Waals surface area contributed by atoms with Gasteiger partial charge in [-0.05, 0) is 71.3 Å². The zero-order valence-corrected chi connectivity index (χ0v) is 20.6. The Morgan fingerprint density at radius 1 is 0.882 bits per heavy atom. The lowest BCUT2D eigenvalue weighted by Gasteiger charge is -2.19. The highest BCUT2D eigenvalue weighted by atomic mass is 16.5. The lowest BCUT2D eigenvalue weighted by Crippen LogP contribution is -2.20. The van der Waals surface area contributed by atoms with Gasteiger partial charge in [-0.25, -0.2) is 0 Å². The monoisotopic (exact) mass is 458 g/mol. The summed E-state index contributed by atoms with van der Waals surface area (Å²) in [5, 5.41) is 5.70. The fourth-order valence-electron chi connectivity index (χ4n) is 3.47. The fraction of sp³-hybridized carbons (Fsp3) is 0.310. The summed E-state index contributed by atoms with van der Waals surface area (Å²) in [4.78, 5) is 25.0. The molecule has 2 amide bonds. The van der Waals surface area contributed by atoms with Gasteiger partial charge in [0.05, 0.1) is 0 Å². The van der Waals surface area contributed by atoms with E-state index in [0.29, 0.717) is 28.6 Å². The fourth-order valence-corrected chi connectivity index (χ4v) is 3.47. The van der Waals surface area contributed by atoms with E-state index in [0.717, 1.165) is 6.42 Å². The van der Waals surface area contributed by atoms with Gasteiger partial charge in [0.1, 0.15) is 5.75 Å². The molecule has 178 valence electrons. The number of carbonyl (C=O) groups excluding carboxylic acids is 2. The number of hydrogen-bond acceptors (Lipinski definition) is 3. The molecule has 5 nitrogen and oxygen atoms in total. The number of anilines is 2.